The van der Waals surface area contributed by atoms with Gasteiger partial charge < -0.3 is 10.1 Å². The highest BCUT2D eigenvalue weighted by molar-refractivity contribution is 6.30. The van der Waals surface area contributed by atoms with Gasteiger partial charge in [-0.3, -0.25) is 4.79 Å². The van der Waals surface area contributed by atoms with Gasteiger partial charge in [0.15, 0.2) is 6.61 Å². The Kier molecular flexibility index (Phi) is 5.60. The Labute approximate surface area is 163 Å². The SMILES string of the molecule is Cc1cc(Cl)ccc1OCC(=O)Nc1ccc(-n2cccn2)cc1C(F)(F)F. The van der Waals surface area contributed by atoms with Crippen LogP contribution in [0.5, 0.6) is 5.75 Å². The summed E-state index contributed by atoms with van der Waals surface area (Å²) in [6.07, 6.45) is -1.67. The molecule has 1 amide bonds. The minimum atomic E-state index is -4.65. The number of alkyl halides is 3. The second-order valence-electron chi connectivity index (χ2n) is 5.92. The predicted molar refractivity (Wildman–Crippen MR) is 98.9 cm³/mol. The number of benzene rings is 2. The van der Waals surface area contributed by atoms with Gasteiger partial charge in [-0.15, -0.1) is 0 Å². The Bertz CT molecular complexity index is 989. The van der Waals surface area contributed by atoms with Crippen molar-refractivity contribution >= 4 is 23.2 Å². The third kappa shape index (κ3) is 4.64. The average molecular weight is 410 g/mol. The molecule has 1 N–H and O–H groups in total. The second-order valence-corrected chi connectivity index (χ2v) is 6.36. The molecule has 0 aliphatic carbocycles. The van der Waals surface area contributed by atoms with Crippen LogP contribution in [0.3, 0.4) is 0 Å². The van der Waals surface area contributed by atoms with E-state index < -0.39 is 24.3 Å². The Morgan fingerprint density at radius 2 is 2.04 bits per heavy atom. The molecule has 28 heavy (non-hydrogen) atoms. The quantitative estimate of drug-likeness (QED) is 0.654. The van der Waals surface area contributed by atoms with Crippen LogP contribution < -0.4 is 10.1 Å². The maximum Gasteiger partial charge on any atom is 0.418 e. The van der Waals surface area contributed by atoms with Crippen molar-refractivity contribution in [3.63, 3.8) is 0 Å². The summed E-state index contributed by atoms with van der Waals surface area (Å²) in [5.74, 6) is -0.295. The van der Waals surface area contributed by atoms with Crippen LogP contribution in [0.2, 0.25) is 5.02 Å². The van der Waals surface area contributed by atoms with Crippen LogP contribution >= 0.6 is 11.6 Å². The molecule has 3 rings (SSSR count). The Hall–Kier alpha value is -3.00. The van der Waals surface area contributed by atoms with Crippen molar-refractivity contribution in [2.45, 2.75) is 13.1 Å². The molecular weight excluding hydrogens is 395 g/mol. The van der Waals surface area contributed by atoms with Crippen LogP contribution in [-0.4, -0.2) is 22.3 Å². The molecular formula is C19H15ClF3N3O2. The van der Waals surface area contributed by atoms with Crippen molar-refractivity contribution in [3.05, 3.63) is 71.0 Å². The van der Waals surface area contributed by atoms with E-state index in [9.17, 15) is 18.0 Å². The highest BCUT2D eigenvalue weighted by Gasteiger charge is 2.34. The number of nitrogens with one attached hydrogen (secondary N) is 1. The van der Waals surface area contributed by atoms with Crippen LogP contribution in [0.15, 0.2) is 54.9 Å². The van der Waals surface area contributed by atoms with Gasteiger partial charge in [-0.1, -0.05) is 11.6 Å². The normalized spacial score (nSPS) is 11.3. The molecule has 1 heterocycles. The molecule has 0 saturated carbocycles. The number of rotatable bonds is 5. The third-order valence-electron chi connectivity index (χ3n) is 3.85. The average Bonchev–Trinajstić information content (AvgIpc) is 3.15. The van der Waals surface area contributed by atoms with Crippen LogP contribution in [0, 0.1) is 6.92 Å². The number of aryl methyl sites for hydroxylation is 1. The lowest BCUT2D eigenvalue weighted by molar-refractivity contribution is -0.137. The molecule has 0 aliphatic rings. The third-order valence-corrected chi connectivity index (χ3v) is 4.08. The lowest BCUT2D eigenvalue weighted by Gasteiger charge is -2.16. The topological polar surface area (TPSA) is 56.1 Å². The van der Waals surface area contributed by atoms with E-state index in [1.54, 1.807) is 31.2 Å². The lowest BCUT2D eigenvalue weighted by atomic mass is 10.1. The van der Waals surface area contributed by atoms with Gasteiger partial charge in [0.2, 0.25) is 0 Å². The molecule has 5 nitrogen and oxygen atoms in total. The number of halogens is 4. The molecule has 0 bridgehead atoms. The monoisotopic (exact) mass is 409 g/mol. The zero-order valence-electron chi connectivity index (χ0n) is 14.6. The smallest absolute Gasteiger partial charge is 0.418 e. The first-order valence-electron chi connectivity index (χ1n) is 8.14. The lowest BCUT2D eigenvalue weighted by Crippen LogP contribution is -2.22. The highest BCUT2D eigenvalue weighted by atomic mass is 35.5. The Morgan fingerprint density at radius 3 is 2.68 bits per heavy atom. The van der Waals surface area contributed by atoms with E-state index >= 15 is 0 Å². The zero-order valence-corrected chi connectivity index (χ0v) is 15.4. The summed E-state index contributed by atoms with van der Waals surface area (Å²) in [4.78, 5) is 12.1. The number of ether oxygens (including phenoxy) is 1. The first-order valence-corrected chi connectivity index (χ1v) is 8.52. The summed E-state index contributed by atoms with van der Waals surface area (Å²) in [5, 5.41) is 6.68. The van der Waals surface area contributed by atoms with Crippen molar-refractivity contribution in [2.24, 2.45) is 0 Å². The number of amides is 1. The number of aromatic nitrogens is 2. The summed E-state index contributed by atoms with van der Waals surface area (Å²) in [6, 6.07) is 9.98. The maximum atomic E-state index is 13.4. The molecule has 3 aromatic rings. The molecule has 0 atom stereocenters. The fourth-order valence-electron chi connectivity index (χ4n) is 2.54. The van der Waals surface area contributed by atoms with Crippen LogP contribution in [0.25, 0.3) is 5.69 Å². The molecule has 0 spiro atoms. The van der Waals surface area contributed by atoms with Crippen molar-refractivity contribution in [1.82, 2.24) is 9.78 Å². The van der Waals surface area contributed by atoms with E-state index in [4.69, 9.17) is 16.3 Å². The summed E-state index contributed by atoms with van der Waals surface area (Å²) in [5.41, 5.74) is -0.399. The molecule has 1 aromatic heterocycles. The van der Waals surface area contributed by atoms with Crippen LogP contribution in [0.1, 0.15) is 11.1 Å². The maximum absolute atomic E-state index is 13.4. The molecule has 0 saturated heterocycles. The molecule has 9 heteroatoms. The van der Waals surface area contributed by atoms with E-state index in [2.05, 4.69) is 10.4 Å². The van der Waals surface area contributed by atoms with Gasteiger partial charge in [0.05, 0.1) is 16.9 Å². The van der Waals surface area contributed by atoms with Crippen molar-refractivity contribution in [2.75, 3.05) is 11.9 Å². The first kappa shape index (κ1) is 19.8. The van der Waals surface area contributed by atoms with Crippen LogP contribution in [0.4, 0.5) is 18.9 Å². The summed E-state index contributed by atoms with van der Waals surface area (Å²) in [6.45, 7) is 1.30. The number of hydrogen-bond acceptors (Lipinski definition) is 3. The van der Waals surface area contributed by atoms with Gasteiger partial charge in [-0.05, 0) is 55.0 Å². The number of nitrogens with zero attached hydrogens (tertiary/aromatic N) is 2. The Morgan fingerprint density at radius 1 is 1.25 bits per heavy atom. The van der Waals surface area contributed by atoms with E-state index in [-0.39, 0.29) is 11.4 Å². The zero-order chi connectivity index (χ0) is 20.3. The number of carbonyl (C=O) groups excluding carboxylic acids is 1. The molecule has 0 fully saturated rings. The van der Waals surface area contributed by atoms with E-state index in [1.807, 2.05) is 0 Å². The molecule has 146 valence electrons. The molecule has 0 aliphatic heterocycles. The van der Waals surface area contributed by atoms with Gasteiger partial charge in [0.1, 0.15) is 5.75 Å². The summed E-state index contributed by atoms with van der Waals surface area (Å²) < 4.78 is 47.0. The van der Waals surface area contributed by atoms with Gasteiger partial charge in [0.25, 0.3) is 5.91 Å². The van der Waals surface area contributed by atoms with Gasteiger partial charge >= 0.3 is 6.18 Å². The largest absolute Gasteiger partial charge is 0.483 e. The minimum Gasteiger partial charge on any atom is -0.483 e. The van der Waals surface area contributed by atoms with Crippen molar-refractivity contribution in [3.8, 4) is 11.4 Å². The van der Waals surface area contributed by atoms with Crippen molar-refractivity contribution in [1.29, 1.82) is 0 Å². The Balaban J connectivity index is 1.76. The first-order chi connectivity index (χ1) is 13.2. The summed E-state index contributed by atoms with van der Waals surface area (Å²) in [7, 11) is 0. The minimum absolute atomic E-state index is 0.225. The fourth-order valence-corrected chi connectivity index (χ4v) is 2.77. The number of carbonyl (C=O) groups is 1. The van der Waals surface area contributed by atoms with Gasteiger partial charge in [0, 0.05) is 17.4 Å². The highest BCUT2D eigenvalue weighted by Crippen LogP contribution is 2.36. The number of hydrogen-bond donors (Lipinski definition) is 1. The second kappa shape index (κ2) is 7.93. The van der Waals surface area contributed by atoms with Crippen LogP contribution in [-0.2, 0) is 11.0 Å². The van der Waals surface area contributed by atoms with Gasteiger partial charge in [-0.2, -0.15) is 18.3 Å². The molecule has 0 unspecified atom stereocenters. The van der Waals surface area contributed by atoms with Crippen molar-refractivity contribution < 1.29 is 22.7 Å². The van der Waals surface area contributed by atoms with E-state index in [0.29, 0.717) is 16.3 Å². The molecule has 2 aromatic carbocycles. The summed E-state index contributed by atoms with van der Waals surface area (Å²) >= 11 is 5.85. The number of anilines is 1. The van der Waals surface area contributed by atoms with E-state index in [1.165, 1.54) is 29.2 Å². The van der Waals surface area contributed by atoms with Gasteiger partial charge in [-0.25, -0.2) is 4.68 Å². The predicted octanol–water partition coefficient (Wildman–Crippen LogP) is 4.87. The van der Waals surface area contributed by atoms with E-state index in [0.717, 1.165) is 6.07 Å². The molecule has 0 radical (unpaired) electrons. The standard InChI is InChI=1S/C19H15ClF3N3O2/c1-12-9-13(20)3-6-17(12)28-11-18(27)25-16-5-4-14(26-8-2-7-24-26)10-15(16)19(21,22)23/h2-10H,11H2,1H3,(H,25,27). The fraction of sp³-hybridized carbons (Fsp3) is 0.158.